The fraction of sp³-hybridized carbons (Fsp3) is 0.154. The molecule has 0 amide bonds. The second-order valence-corrected chi connectivity index (χ2v) is 6.90. The third kappa shape index (κ3) is 3.20. The van der Waals surface area contributed by atoms with Crippen LogP contribution in [0.2, 0.25) is 5.02 Å². The van der Waals surface area contributed by atoms with E-state index in [1.165, 1.54) is 0 Å². The van der Waals surface area contributed by atoms with Crippen molar-refractivity contribution in [1.82, 2.24) is 15.4 Å². The molecule has 20 heavy (non-hydrogen) atoms. The first-order chi connectivity index (χ1) is 9.70. The standard InChI is InChI=1S/C13H10ClN3OS2/c1-8-15-16-13(20-8)19-7-11-6-12(17-18-11)9-2-4-10(14)5-3-9/h2-6H,7H2,1H3. The second kappa shape index (κ2) is 5.95. The summed E-state index contributed by atoms with van der Waals surface area (Å²) < 4.78 is 6.27. The molecule has 0 saturated carbocycles. The Morgan fingerprint density at radius 2 is 2.05 bits per heavy atom. The maximum absolute atomic E-state index is 5.86. The van der Waals surface area contributed by atoms with Gasteiger partial charge in [0, 0.05) is 16.7 Å². The van der Waals surface area contributed by atoms with Gasteiger partial charge in [-0.15, -0.1) is 10.2 Å². The molecule has 0 fully saturated rings. The number of halogens is 1. The maximum atomic E-state index is 5.86. The van der Waals surface area contributed by atoms with Gasteiger partial charge in [-0.05, 0) is 19.1 Å². The van der Waals surface area contributed by atoms with Crippen molar-refractivity contribution < 1.29 is 4.52 Å². The van der Waals surface area contributed by atoms with Crippen molar-refractivity contribution in [2.45, 2.75) is 17.0 Å². The molecule has 0 aliphatic heterocycles. The van der Waals surface area contributed by atoms with E-state index in [0.717, 1.165) is 26.4 Å². The summed E-state index contributed by atoms with van der Waals surface area (Å²) in [5.41, 5.74) is 1.80. The van der Waals surface area contributed by atoms with Crippen LogP contribution >= 0.6 is 34.7 Å². The molecule has 0 aliphatic rings. The zero-order chi connectivity index (χ0) is 13.9. The average Bonchev–Trinajstić information content (AvgIpc) is 3.06. The summed E-state index contributed by atoms with van der Waals surface area (Å²) in [7, 11) is 0. The molecule has 0 saturated heterocycles. The molecule has 0 bridgehead atoms. The summed E-state index contributed by atoms with van der Waals surface area (Å²) in [5.74, 6) is 1.50. The van der Waals surface area contributed by atoms with Gasteiger partial charge in [0.2, 0.25) is 0 Å². The first-order valence-corrected chi connectivity index (χ1v) is 8.03. The predicted octanol–water partition coefficient (Wildman–Crippen LogP) is 4.45. The molecule has 0 aliphatic carbocycles. The van der Waals surface area contributed by atoms with Crippen molar-refractivity contribution in [3.8, 4) is 11.3 Å². The summed E-state index contributed by atoms with van der Waals surface area (Å²) in [4.78, 5) is 0. The third-order valence-corrected chi connectivity index (χ3v) is 4.79. The number of hydrogen-bond acceptors (Lipinski definition) is 6. The van der Waals surface area contributed by atoms with Crippen LogP contribution in [0.1, 0.15) is 10.8 Å². The average molecular weight is 324 g/mol. The fourth-order valence-corrected chi connectivity index (χ4v) is 3.42. The zero-order valence-corrected chi connectivity index (χ0v) is 12.9. The van der Waals surface area contributed by atoms with Crippen molar-refractivity contribution in [2.75, 3.05) is 0 Å². The Bertz CT molecular complexity index is 708. The van der Waals surface area contributed by atoms with Crippen LogP contribution in [0.3, 0.4) is 0 Å². The molecule has 0 spiro atoms. The fourth-order valence-electron chi connectivity index (χ4n) is 1.61. The summed E-state index contributed by atoms with van der Waals surface area (Å²) in [6.45, 7) is 1.94. The number of aryl methyl sites for hydroxylation is 1. The number of benzene rings is 1. The topological polar surface area (TPSA) is 51.8 Å². The predicted molar refractivity (Wildman–Crippen MR) is 81.2 cm³/mol. The highest BCUT2D eigenvalue weighted by Gasteiger charge is 2.08. The van der Waals surface area contributed by atoms with E-state index >= 15 is 0 Å². The molecule has 2 aromatic heterocycles. The van der Waals surface area contributed by atoms with Gasteiger partial charge in [-0.1, -0.05) is 52.0 Å². The van der Waals surface area contributed by atoms with Crippen LogP contribution in [-0.4, -0.2) is 15.4 Å². The van der Waals surface area contributed by atoms with Crippen molar-refractivity contribution in [3.05, 3.63) is 46.1 Å². The Morgan fingerprint density at radius 3 is 2.75 bits per heavy atom. The Kier molecular flexibility index (Phi) is 4.05. The van der Waals surface area contributed by atoms with Crippen molar-refractivity contribution >= 4 is 34.7 Å². The lowest BCUT2D eigenvalue weighted by Gasteiger charge is -1.94. The summed E-state index contributed by atoms with van der Waals surface area (Å²) in [6, 6.07) is 9.45. The lowest BCUT2D eigenvalue weighted by molar-refractivity contribution is 0.397. The van der Waals surface area contributed by atoms with E-state index in [4.69, 9.17) is 16.1 Å². The Hall–Kier alpha value is -1.37. The molecule has 3 rings (SSSR count). The van der Waals surface area contributed by atoms with Crippen LogP contribution in [0.15, 0.2) is 39.2 Å². The van der Waals surface area contributed by atoms with Gasteiger partial charge in [0.15, 0.2) is 4.34 Å². The number of thioether (sulfide) groups is 1. The largest absolute Gasteiger partial charge is 0.360 e. The van der Waals surface area contributed by atoms with Crippen molar-refractivity contribution in [2.24, 2.45) is 0 Å². The van der Waals surface area contributed by atoms with Gasteiger partial charge < -0.3 is 4.52 Å². The zero-order valence-electron chi connectivity index (χ0n) is 10.5. The van der Waals surface area contributed by atoms with Crippen molar-refractivity contribution in [3.63, 3.8) is 0 Å². The van der Waals surface area contributed by atoms with Gasteiger partial charge in [0.25, 0.3) is 0 Å². The SMILES string of the molecule is Cc1nnc(SCc2cc(-c3ccc(Cl)cc3)no2)s1. The number of rotatable bonds is 4. The number of aromatic nitrogens is 3. The Labute approximate surface area is 129 Å². The monoisotopic (exact) mass is 323 g/mol. The maximum Gasteiger partial charge on any atom is 0.174 e. The smallest absolute Gasteiger partial charge is 0.174 e. The first-order valence-electron chi connectivity index (χ1n) is 5.85. The minimum atomic E-state index is 0.690. The molecule has 7 heteroatoms. The molecule has 0 unspecified atom stereocenters. The molecule has 102 valence electrons. The van der Waals surface area contributed by atoms with Gasteiger partial charge in [-0.25, -0.2) is 0 Å². The van der Waals surface area contributed by atoms with E-state index in [-0.39, 0.29) is 0 Å². The minimum absolute atomic E-state index is 0.690. The first kappa shape index (κ1) is 13.6. The molecule has 3 aromatic rings. The molecular formula is C13H10ClN3OS2. The highest BCUT2D eigenvalue weighted by atomic mass is 35.5. The molecule has 0 atom stereocenters. The van der Waals surface area contributed by atoms with Crippen LogP contribution in [0, 0.1) is 6.92 Å². The molecule has 0 radical (unpaired) electrons. The van der Waals surface area contributed by atoms with E-state index in [1.807, 2.05) is 37.3 Å². The van der Waals surface area contributed by atoms with Crippen LogP contribution in [0.4, 0.5) is 0 Å². The Balaban J connectivity index is 1.69. The lowest BCUT2D eigenvalue weighted by Crippen LogP contribution is -1.76. The van der Waals surface area contributed by atoms with Crippen LogP contribution in [0.25, 0.3) is 11.3 Å². The highest BCUT2D eigenvalue weighted by Crippen LogP contribution is 2.28. The minimum Gasteiger partial charge on any atom is -0.360 e. The molecule has 1 aromatic carbocycles. The van der Waals surface area contributed by atoms with E-state index in [1.54, 1.807) is 23.1 Å². The van der Waals surface area contributed by atoms with Gasteiger partial charge in [-0.2, -0.15) is 0 Å². The summed E-state index contributed by atoms with van der Waals surface area (Å²) >= 11 is 9.04. The van der Waals surface area contributed by atoms with Gasteiger partial charge in [-0.3, -0.25) is 0 Å². The van der Waals surface area contributed by atoms with E-state index in [2.05, 4.69) is 15.4 Å². The Morgan fingerprint density at radius 1 is 1.25 bits per heavy atom. The van der Waals surface area contributed by atoms with Gasteiger partial charge >= 0.3 is 0 Å². The van der Waals surface area contributed by atoms with Gasteiger partial charge in [0.1, 0.15) is 16.5 Å². The van der Waals surface area contributed by atoms with E-state index < -0.39 is 0 Å². The van der Waals surface area contributed by atoms with Crippen LogP contribution in [-0.2, 0) is 5.75 Å². The summed E-state index contributed by atoms with van der Waals surface area (Å²) in [5, 5.41) is 13.8. The van der Waals surface area contributed by atoms with Gasteiger partial charge in [0.05, 0.1) is 5.75 Å². The normalized spacial score (nSPS) is 10.9. The summed E-state index contributed by atoms with van der Waals surface area (Å²) in [6.07, 6.45) is 0. The van der Waals surface area contributed by atoms with Crippen LogP contribution < -0.4 is 0 Å². The molecular weight excluding hydrogens is 314 g/mol. The van der Waals surface area contributed by atoms with Crippen LogP contribution in [0.5, 0.6) is 0 Å². The van der Waals surface area contributed by atoms with E-state index in [9.17, 15) is 0 Å². The number of nitrogens with zero attached hydrogens (tertiary/aromatic N) is 3. The van der Waals surface area contributed by atoms with E-state index in [0.29, 0.717) is 10.8 Å². The number of hydrogen-bond donors (Lipinski definition) is 0. The second-order valence-electron chi connectivity index (χ2n) is 4.06. The molecule has 0 N–H and O–H groups in total. The lowest BCUT2D eigenvalue weighted by atomic mass is 10.1. The highest BCUT2D eigenvalue weighted by molar-refractivity contribution is 8.00. The molecule has 2 heterocycles. The third-order valence-electron chi connectivity index (χ3n) is 2.54. The molecule has 4 nitrogen and oxygen atoms in total. The quantitative estimate of drug-likeness (QED) is 0.664. The van der Waals surface area contributed by atoms with Crippen molar-refractivity contribution in [1.29, 1.82) is 0 Å².